The maximum absolute atomic E-state index is 13.4. The first kappa shape index (κ1) is 29.4. The van der Waals surface area contributed by atoms with E-state index in [1.807, 2.05) is 13.0 Å². The van der Waals surface area contributed by atoms with Gasteiger partial charge in [0.2, 0.25) is 5.78 Å². The van der Waals surface area contributed by atoms with Crippen molar-refractivity contribution in [2.75, 3.05) is 26.2 Å². The number of Topliss-reactive ketones (excluding diaryl/α,β-unsaturated/α-hetero) is 1. The first-order valence-corrected chi connectivity index (χ1v) is 15.1. The Morgan fingerprint density at radius 3 is 2.53 bits per heavy atom. The molecule has 0 saturated heterocycles. The highest BCUT2D eigenvalue weighted by atomic mass is 16.5. The van der Waals surface area contributed by atoms with E-state index < -0.39 is 29.5 Å². The van der Waals surface area contributed by atoms with Crippen molar-refractivity contribution in [3.8, 4) is 0 Å². The molecule has 0 aromatic carbocycles. The van der Waals surface area contributed by atoms with Gasteiger partial charge in [-0.05, 0) is 100 Å². The number of aliphatic hydroxyl groups excluding tert-OH is 1. The highest BCUT2D eigenvalue weighted by Gasteiger charge is 2.68. The number of fused-ring (bicyclic) bond motifs is 5. The minimum absolute atomic E-state index is 0.0330. The number of esters is 1. The highest BCUT2D eigenvalue weighted by molar-refractivity contribution is 5.92. The summed E-state index contributed by atoms with van der Waals surface area (Å²) in [7, 11) is 0. The number of nitrogens with zero attached hydrogens (tertiary/aromatic N) is 1. The minimum Gasteiger partial charge on any atom is -0.458 e. The van der Waals surface area contributed by atoms with Crippen LogP contribution in [0.15, 0.2) is 11.6 Å². The predicted octanol–water partition coefficient (Wildman–Crippen LogP) is 4.23. The van der Waals surface area contributed by atoms with Gasteiger partial charge in [-0.25, -0.2) is 0 Å². The molecule has 0 aromatic heterocycles. The molecule has 0 heterocycles. The molecule has 4 aliphatic rings. The topological polar surface area (TPSA) is 104 Å². The summed E-state index contributed by atoms with van der Waals surface area (Å²) in [6, 6.07) is 0. The van der Waals surface area contributed by atoms with Crippen LogP contribution in [0.2, 0.25) is 0 Å². The summed E-state index contributed by atoms with van der Waals surface area (Å²) < 4.78 is 5.35. The molecular weight excluding hydrogens is 482 g/mol. The van der Waals surface area contributed by atoms with Crippen LogP contribution in [0.3, 0.4) is 0 Å². The number of rotatable bonds is 11. The third-order valence-corrected chi connectivity index (χ3v) is 11.1. The number of ether oxygens (including phenoxy) is 1. The number of aliphatic hydroxyl groups is 2. The maximum Gasteiger partial charge on any atom is 0.306 e. The van der Waals surface area contributed by atoms with Crippen molar-refractivity contribution < 1.29 is 29.3 Å². The lowest BCUT2D eigenvalue weighted by Crippen LogP contribution is -2.62. The van der Waals surface area contributed by atoms with Crippen molar-refractivity contribution in [3.05, 3.63) is 11.6 Å². The molecule has 38 heavy (non-hydrogen) atoms. The van der Waals surface area contributed by atoms with Crippen LogP contribution in [0.25, 0.3) is 0 Å². The van der Waals surface area contributed by atoms with Crippen LogP contribution in [-0.2, 0) is 19.1 Å². The van der Waals surface area contributed by atoms with Gasteiger partial charge in [-0.15, -0.1) is 0 Å². The zero-order valence-electron chi connectivity index (χ0n) is 24.0. The van der Waals surface area contributed by atoms with Gasteiger partial charge < -0.3 is 19.8 Å². The predicted molar refractivity (Wildman–Crippen MR) is 145 cm³/mol. The normalized spacial score (nSPS) is 38.3. The van der Waals surface area contributed by atoms with Crippen molar-refractivity contribution >= 4 is 17.5 Å². The molecule has 3 saturated carbocycles. The van der Waals surface area contributed by atoms with Crippen LogP contribution >= 0.6 is 0 Å². The molecule has 4 aliphatic carbocycles. The van der Waals surface area contributed by atoms with Crippen molar-refractivity contribution in [1.29, 1.82) is 0 Å². The first-order chi connectivity index (χ1) is 18.0. The lowest BCUT2D eigenvalue weighted by atomic mass is 9.45. The number of unbranched alkanes of at least 4 members (excludes halogenated alkanes) is 2. The van der Waals surface area contributed by atoms with E-state index in [2.05, 4.69) is 25.7 Å². The maximum atomic E-state index is 13.4. The van der Waals surface area contributed by atoms with Crippen molar-refractivity contribution in [2.45, 2.75) is 110 Å². The fraction of sp³-hybridized carbons (Fsp3) is 0.839. The Balaban J connectivity index is 1.35. The van der Waals surface area contributed by atoms with E-state index >= 15 is 0 Å². The number of carbonyl (C=O) groups excluding carboxylic acids is 3. The highest BCUT2D eigenvalue weighted by Crippen LogP contribution is 2.67. The number of carbonyl (C=O) groups is 3. The number of allylic oxidation sites excluding steroid dienone is 1. The fourth-order valence-electron chi connectivity index (χ4n) is 8.81. The third kappa shape index (κ3) is 5.15. The average molecular weight is 532 g/mol. The Kier molecular flexibility index (Phi) is 8.90. The van der Waals surface area contributed by atoms with E-state index in [0.717, 1.165) is 64.6 Å². The number of hydrogen-bond donors (Lipinski definition) is 2. The van der Waals surface area contributed by atoms with Gasteiger partial charge in [0.05, 0.1) is 6.10 Å². The summed E-state index contributed by atoms with van der Waals surface area (Å²) in [5.74, 6) is -0.303. The molecule has 214 valence electrons. The van der Waals surface area contributed by atoms with Crippen LogP contribution in [0, 0.1) is 28.6 Å². The Morgan fingerprint density at radius 2 is 1.82 bits per heavy atom. The smallest absolute Gasteiger partial charge is 0.306 e. The van der Waals surface area contributed by atoms with Gasteiger partial charge in [0.25, 0.3) is 0 Å². The monoisotopic (exact) mass is 531 g/mol. The lowest BCUT2D eigenvalue weighted by molar-refractivity contribution is -0.184. The first-order valence-electron chi connectivity index (χ1n) is 15.1. The molecule has 7 nitrogen and oxygen atoms in total. The molecule has 0 radical (unpaired) electrons. The Labute approximate surface area is 228 Å². The molecule has 2 N–H and O–H groups in total. The van der Waals surface area contributed by atoms with Crippen LogP contribution < -0.4 is 0 Å². The Bertz CT molecular complexity index is 943. The third-order valence-electron chi connectivity index (χ3n) is 11.1. The molecular formula is C31H49NO6. The van der Waals surface area contributed by atoms with Gasteiger partial charge in [-0.1, -0.05) is 39.7 Å². The van der Waals surface area contributed by atoms with E-state index in [4.69, 9.17) is 4.74 Å². The van der Waals surface area contributed by atoms with Crippen LogP contribution in [0.5, 0.6) is 0 Å². The van der Waals surface area contributed by atoms with E-state index in [0.29, 0.717) is 19.3 Å². The Hall–Kier alpha value is -1.57. The minimum atomic E-state index is -1.60. The molecule has 0 aromatic rings. The van der Waals surface area contributed by atoms with E-state index in [9.17, 15) is 24.6 Å². The number of ketones is 2. The molecule has 4 rings (SSSR count). The molecule has 0 aliphatic heterocycles. The molecule has 7 heteroatoms. The zero-order valence-corrected chi connectivity index (χ0v) is 24.0. The van der Waals surface area contributed by atoms with E-state index in [1.54, 1.807) is 0 Å². The summed E-state index contributed by atoms with van der Waals surface area (Å²) >= 11 is 0. The van der Waals surface area contributed by atoms with Gasteiger partial charge in [0.15, 0.2) is 12.4 Å². The van der Waals surface area contributed by atoms with Crippen molar-refractivity contribution in [1.82, 2.24) is 4.90 Å². The van der Waals surface area contributed by atoms with Crippen LogP contribution in [-0.4, -0.2) is 70.6 Å². The molecule has 7 atom stereocenters. The summed E-state index contributed by atoms with van der Waals surface area (Å²) in [6.45, 7) is 11.1. The van der Waals surface area contributed by atoms with Gasteiger partial charge in [0.1, 0.15) is 5.60 Å². The quantitative estimate of drug-likeness (QED) is 0.304. The molecule has 0 bridgehead atoms. The van der Waals surface area contributed by atoms with Gasteiger partial charge in [0, 0.05) is 18.3 Å². The SMILES string of the molecule is CCN(CC)CCCCCC(=O)OCC(=O)[C@@]1(O)CC[C@H]2[C@@H]3CCC4=CC(=O)CC[C@]4(C)[C@H]3[C@@H](O)C[C@@]21C. The van der Waals surface area contributed by atoms with Crippen LogP contribution in [0.1, 0.15) is 98.3 Å². The average Bonchev–Trinajstić information content (AvgIpc) is 3.15. The summed E-state index contributed by atoms with van der Waals surface area (Å²) in [5, 5.41) is 23.3. The number of hydrogen-bond acceptors (Lipinski definition) is 7. The van der Waals surface area contributed by atoms with E-state index in [-0.39, 0.29) is 41.3 Å². The standard InChI is InChI=1S/C31H49NO6/c1-5-32(6-2)17-9-7-8-10-27(36)38-20-26(35)31(37)16-14-24-23-12-11-21-18-22(33)13-15-29(21,3)28(23)25(34)19-30(24,31)4/h18,23-25,28,34,37H,5-17,19-20H2,1-4H3/t23-,24-,25-,28+,29-,30-,31-/m0/s1. The lowest BCUT2D eigenvalue weighted by Gasteiger charge is -2.60. The summed E-state index contributed by atoms with van der Waals surface area (Å²) in [4.78, 5) is 40.2. The van der Waals surface area contributed by atoms with Gasteiger partial charge in [-0.3, -0.25) is 14.4 Å². The van der Waals surface area contributed by atoms with Gasteiger partial charge >= 0.3 is 5.97 Å². The second-order valence-corrected chi connectivity index (χ2v) is 12.9. The second kappa shape index (κ2) is 11.5. The van der Waals surface area contributed by atoms with E-state index in [1.165, 1.54) is 5.57 Å². The van der Waals surface area contributed by atoms with Crippen molar-refractivity contribution in [3.63, 3.8) is 0 Å². The van der Waals surface area contributed by atoms with Gasteiger partial charge in [-0.2, -0.15) is 0 Å². The summed E-state index contributed by atoms with van der Waals surface area (Å²) in [6.07, 6.45) is 8.52. The Morgan fingerprint density at radius 1 is 1.08 bits per heavy atom. The molecule has 0 unspecified atom stereocenters. The second-order valence-electron chi connectivity index (χ2n) is 12.9. The molecule has 0 amide bonds. The fourth-order valence-corrected chi connectivity index (χ4v) is 8.81. The molecule has 0 spiro atoms. The zero-order chi connectivity index (χ0) is 27.7. The largest absolute Gasteiger partial charge is 0.458 e. The van der Waals surface area contributed by atoms with Crippen LogP contribution in [0.4, 0.5) is 0 Å². The summed E-state index contributed by atoms with van der Waals surface area (Å²) in [5.41, 5.74) is -1.40. The molecule has 3 fully saturated rings. The van der Waals surface area contributed by atoms with Crippen molar-refractivity contribution in [2.24, 2.45) is 28.6 Å².